The van der Waals surface area contributed by atoms with Gasteiger partial charge in [-0.15, -0.1) is 0 Å². The molecule has 2 rings (SSSR count). The number of nitrogens with zero attached hydrogens (tertiary/aromatic N) is 1. The van der Waals surface area contributed by atoms with Crippen LogP contribution in [0.2, 0.25) is 5.02 Å². The number of rotatable bonds is 3. The molecule has 0 bridgehead atoms. The van der Waals surface area contributed by atoms with E-state index in [0.717, 1.165) is 21.3 Å². The zero-order chi connectivity index (χ0) is 14.7. The lowest BCUT2D eigenvalue weighted by atomic mass is 10.0. The van der Waals surface area contributed by atoms with Crippen molar-refractivity contribution < 1.29 is 0 Å². The predicted octanol–water partition coefficient (Wildman–Crippen LogP) is 5.46. The summed E-state index contributed by atoms with van der Waals surface area (Å²) in [6.45, 7) is 3.96. The van der Waals surface area contributed by atoms with Gasteiger partial charge in [-0.3, -0.25) is 0 Å². The largest absolute Gasteiger partial charge is 0.377 e. The summed E-state index contributed by atoms with van der Waals surface area (Å²) in [5, 5.41) is 13.3. The molecule has 102 valence electrons. The van der Waals surface area contributed by atoms with Crippen LogP contribution in [0.5, 0.6) is 0 Å². The SMILES string of the molecule is Cc1cccc(NC(C)c2ccc(Br)cc2Cl)c1C#N. The average Bonchev–Trinajstić information content (AvgIpc) is 2.38. The van der Waals surface area contributed by atoms with Crippen molar-refractivity contribution in [2.24, 2.45) is 0 Å². The molecule has 0 saturated heterocycles. The fourth-order valence-corrected chi connectivity index (χ4v) is 2.94. The molecule has 0 saturated carbocycles. The van der Waals surface area contributed by atoms with Crippen LogP contribution in [-0.2, 0) is 0 Å². The lowest BCUT2D eigenvalue weighted by molar-refractivity contribution is 0.883. The van der Waals surface area contributed by atoms with Gasteiger partial charge >= 0.3 is 0 Å². The topological polar surface area (TPSA) is 35.8 Å². The highest BCUT2D eigenvalue weighted by molar-refractivity contribution is 9.10. The quantitative estimate of drug-likeness (QED) is 0.799. The van der Waals surface area contributed by atoms with E-state index < -0.39 is 0 Å². The summed E-state index contributed by atoms with van der Waals surface area (Å²) in [5.74, 6) is 0. The van der Waals surface area contributed by atoms with E-state index in [4.69, 9.17) is 11.6 Å². The Balaban J connectivity index is 2.31. The van der Waals surface area contributed by atoms with E-state index in [0.29, 0.717) is 10.6 Å². The number of aryl methyl sites for hydroxylation is 1. The van der Waals surface area contributed by atoms with E-state index in [2.05, 4.69) is 27.3 Å². The second kappa shape index (κ2) is 6.30. The number of anilines is 1. The van der Waals surface area contributed by atoms with Gasteiger partial charge in [-0.1, -0.05) is 45.7 Å². The summed E-state index contributed by atoms with van der Waals surface area (Å²) in [6, 6.07) is 13.9. The molecule has 0 amide bonds. The Bertz CT molecular complexity index is 677. The Kier molecular flexibility index (Phi) is 4.69. The second-order valence-electron chi connectivity index (χ2n) is 4.64. The molecule has 2 nitrogen and oxygen atoms in total. The van der Waals surface area contributed by atoms with E-state index in [1.54, 1.807) is 0 Å². The van der Waals surface area contributed by atoms with E-state index in [9.17, 15) is 5.26 Å². The van der Waals surface area contributed by atoms with Crippen molar-refractivity contribution in [2.75, 3.05) is 5.32 Å². The van der Waals surface area contributed by atoms with Gasteiger partial charge in [0, 0.05) is 9.50 Å². The molecule has 0 radical (unpaired) electrons. The van der Waals surface area contributed by atoms with Crippen molar-refractivity contribution in [3.63, 3.8) is 0 Å². The van der Waals surface area contributed by atoms with Crippen molar-refractivity contribution in [1.29, 1.82) is 5.26 Å². The third-order valence-electron chi connectivity index (χ3n) is 3.19. The molecule has 0 aliphatic carbocycles. The van der Waals surface area contributed by atoms with E-state index in [1.165, 1.54) is 0 Å². The van der Waals surface area contributed by atoms with Crippen LogP contribution in [0.3, 0.4) is 0 Å². The van der Waals surface area contributed by atoms with E-state index in [-0.39, 0.29) is 6.04 Å². The van der Waals surface area contributed by atoms with Crippen molar-refractivity contribution in [3.8, 4) is 6.07 Å². The third-order valence-corrected chi connectivity index (χ3v) is 4.01. The molecule has 0 heterocycles. The van der Waals surface area contributed by atoms with Gasteiger partial charge in [0.25, 0.3) is 0 Å². The molecule has 1 unspecified atom stereocenters. The van der Waals surface area contributed by atoms with E-state index in [1.807, 2.05) is 50.2 Å². The normalized spacial score (nSPS) is 11.8. The van der Waals surface area contributed by atoms with Gasteiger partial charge in [-0.05, 0) is 43.2 Å². The van der Waals surface area contributed by atoms with Gasteiger partial charge < -0.3 is 5.32 Å². The summed E-state index contributed by atoms with van der Waals surface area (Å²) in [7, 11) is 0. The fourth-order valence-electron chi connectivity index (χ4n) is 2.10. The van der Waals surface area contributed by atoms with Crippen molar-refractivity contribution in [2.45, 2.75) is 19.9 Å². The Labute approximate surface area is 132 Å². The highest BCUT2D eigenvalue weighted by Crippen LogP contribution is 2.30. The number of hydrogen-bond acceptors (Lipinski definition) is 2. The molecule has 2 aromatic carbocycles. The summed E-state index contributed by atoms with van der Waals surface area (Å²) < 4.78 is 0.951. The number of nitrogens with one attached hydrogen (secondary N) is 1. The smallest absolute Gasteiger partial charge is 0.102 e. The monoisotopic (exact) mass is 348 g/mol. The van der Waals surface area contributed by atoms with Gasteiger partial charge in [-0.2, -0.15) is 5.26 Å². The van der Waals surface area contributed by atoms with Crippen LogP contribution in [0.15, 0.2) is 40.9 Å². The van der Waals surface area contributed by atoms with Gasteiger partial charge in [0.05, 0.1) is 17.3 Å². The molecule has 0 aliphatic rings. The minimum atomic E-state index is 0.0181. The molecule has 0 aromatic heterocycles. The number of hydrogen-bond donors (Lipinski definition) is 1. The Hall–Kier alpha value is -1.50. The molecule has 0 fully saturated rings. The minimum absolute atomic E-state index is 0.0181. The number of halogens is 2. The van der Waals surface area contributed by atoms with Crippen LogP contribution in [-0.4, -0.2) is 0 Å². The van der Waals surface area contributed by atoms with Crippen molar-refractivity contribution in [1.82, 2.24) is 0 Å². The van der Waals surface area contributed by atoms with Crippen molar-refractivity contribution >= 4 is 33.2 Å². The standard InChI is InChI=1S/C16H14BrClN2/c1-10-4-3-5-16(14(10)9-19)20-11(2)13-7-6-12(17)8-15(13)18/h3-8,11,20H,1-2H3. The summed E-state index contributed by atoms with van der Waals surface area (Å²) in [6.07, 6.45) is 0. The zero-order valence-electron chi connectivity index (χ0n) is 11.2. The first-order valence-corrected chi connectivity index (χ1v) is 7.41. The summed E-state index contributed by atoms with van der Waals surface area (Å²) in [5.41, 5.74) is 3.47. The first-order valence-electron chi connectivity index (χ1n) is 6.24. The van der Waals surface area contributed by atoms with Gasteiger partial charge in [0.1, 0.15) is 6.07 Å². The average molecular weight is 350 g/mol. The van der Waals surface area contributed by atoms with Crippen LogP contribution in [0.25, 0.3) is 0 Å². The van der Waals surface area contributed by atoms with Gasteiger partial charge in [0.2, 0.25) is 0 Å². The predicted molar refractivity (Wildman–Crippen MR) is 87.1 cm³/mol. The van der Waals surface area contributed by atoms with Crippen LogP contribution >= 0.6 is 27.5 Å². The van der Waals surface area contributed by atoms with Crippen molar-refractivity contribution in [3.05, 3.63) is 62.6 Å². The second-order valence-corrected chi connectivity index (χ2v) is 5.96. The number of nitriles is 1. The minimum Gasteiger partial charge on any atom is -0.377 e. The van der Waals surface area contributed by atoms with Gasteiger partial charge in [0.15, 0.2) is 0 Å². The van der Waals surface area contributed by atoms with Crippen LogP contribution in [0, 0.1) is 18.3 Å². The number of benzene rings is 2. The molecule has 20 heavy (non-hydrogen) atoms. The maximum Gasteiger partial charge on any atom is 0.102 e. The summed E-state index contributed by atoms with van der Waals surface area (Å²) in [4.78, 5) is 0. The highest BCUT2D eigenvalue weighted by Gasteiger charge is 2.12. The molecule has 1 N–H and O–H groups in total. The summed E-state index contributed by atoms with van der Waals surface area (Å²) >= 11 is 9.66. The molecule has 2 aromatic rings. The maximum atomic E-state index is 9.25. The van der Waals surface area contributed by atoms with Crippen LogP contribution in [0.4, 0.5) is 5.69 Å². The van der Waals surface area contributed by atoms with Crippen LogP contribution < -0.4 is 5.32 Å². The Morgan fingerprint density at radius 1 is 1.30 bits per heavy atom. The molecule has 0 spiro atoms. The Morgan fingerprint density at radius 2 is 2.05 bits per heavy atom. The van der Waals surface area contributed by atoms with E-state index >= 15 is 0 Å². The van der Waals surface area contributed by atoms with Gasteiger partial charge in [-0.25, -0.2) is 0 Å². The zero-order valence-corrected chi connectivity index (χ0v) is 13.6. The lowest BCUT2D eigenvalue weighted by Gasteiger charge is -2.18. The molecular formula is C16H14BrClN2. The fraction of sp³-hybridized carbons (Fsp3) is 0.188. The molecule has 4 heteroatoms. The lowest BCUT2D eigenvalue weighted by Crippen LogP contribution is -2.09. The maximum absolute atomic E-state index is 9.25. The Morgan fingerprint density at radius 3 is 2.70 bits per heavy atom. The van der Waals surface area contributed by atoms with Crippen LogP contribution in [0.1, 0.15) is 29.7 Å². The molecular weight excluding hydrogens is 336 g/mol. The highest BCUT2D eigenvalue weighted by atomic mass is 79.9. The first kappa shape index (κ1) is 14.9. The third kappa shape index (κ3) is 3.15. The first-order chi connectivity index (χ1) is 9.52. The molecule has 0 aliphatic heterocycles. The molecule has 1 atom stereocenters.